The molecule has 1 aliphatic rings. The van der Waals surface area contributed by atoms with Crippen LogP contribution < -0.4 is 5.43 Å². The third kappa shape index (κ3) is 3.63. The molecule has 3 aromatic rings. The average molecular weight is 402 g/mol. The minimum Gasteiger partial charge on any atom is -0.252 e. The molecule has 0 unspecified atom stereocenters. The number of nitrogens with zero attached hydrogens (tertiary/aromatic N) is 2. The molecule has 1 aliphatic carbocycles. The fourth-order valence-corrected chi connectivity index (χ4v) is 4.07. The minimum absolute atomic E-state index is 0.520. The van der Waals surface area contributed by atoms with E-state index in [0.717, 1.165) is 22.1 Å². The van der Waals surface area contributed by atoms with Crippen molar-refractivity contribution in [1.29, 1.82) is 0 Å². The number of hydrogen-bond acceptors (Lipinski definition) is 4. The molecule has 0 aliphatic heterocycles. The summed E-state index contributed by atoms with van der Waals surface area (Å²) in [6.45, 7) is 1.92. The number of aromatic nitrogens is 1. The van der Waals surface area contributed by atoms with Gasteiger partial charge in [0.1, 0.15) is 0 Å². The first kappa shape index (κ1) is 17.5. The number of rotatable bonds is 4. The molecule has 0 atom stereocenters. The standard InChI is InChI=1S/C20H17Cl2N3S/c1-12(14-7-8-17(21)18(22)10-14)24-25-20-23-19(11-26-20)16-6-5-13-3-2-4-15(13)9-16/h5-11H,2-4H2,1H3,(H,23,25)/b24-12+. The van der Waals surface area contributed by atoms with Crippen LogP contribution in [0.25, 0.3) is 11.3 Å². The molecular formula is C20H17Cl2N3S. The first-order valence-electron chi connectivity index (χ1n) is 8.43. The number of thiazole rings is 1. The number of hydrazone groups is 1. The molecule has 2 aromatic carbocycles. The highest BCUT2D eigenvalue weighted by Crippen LogP contribution is 2.30. The summed E-state index contributed by atoms with van der Waals surface area (Å²) in [5.41, 5.74) is 9.86. The van der Waals surface area contributed by atoms with Crippen molar-refractivity contribution in [3.8, 4) is 11.3 Å². The summed E-state index contributed by atoms with van der Waals surface area (Å²) in [5.74, 6) is 0. The van der Waals surface area contributed by atoms with E-state index in [1.807, 2.05) is 19.1 Å². The lowest BCUT2D eigenvalue weighted by Gasteiger charge is -2.03. The van der Waals surface area contributed by atoms with E-state index in [-0.39, 0.29) is 0 Å². The van der Waals surface area contributed by atoms with Gasteiger partial charge in [0.2, 0.25) is 5.13 Å². The first-order valence-corrected chi connectivity index (χ1v) is 10.1. The number of nitrogens with one attached hydrogen (secondary N) is 1. The summed E-state index contributed by atoms with van der Waals surface area (Å²) >= 11 is 13.6. The second-order valence-electron chi connectivity index (χ2n) is 6.31. The van der Waals surface area contributed by atoms with Gasteiger partial charge in [-0.3, -0.25) is 5.43 Å². The lowest BCUT2D eigenvalue weighted by molar-refractivity contribution is 0.912. The number of aryl methyl sites for hydroxylation is 2. The van der Waals surface area contributed by atoms with Crippen LogP contribution in [-0.4, -0.2) is 10.7 Å². The normalized spacial score (nSPS) is 13.7. The van der Waals surface area contributed by atoms with Gasteiger partial charge in [-0.15, -0.1) is 11.3 Å². The molecule has 6 heteroatoms. The van der Waals surface area contributed by atoms with E-state index in [0.29, 0.717) is 10.0 Å². The zero-order valence-electron chi connectivity index (χ0n) is 14.2. The van der Waals surface area contributed by atoms with Crippen LogP contribution in [0.2, 0.25) is 10.0 Å². The number of halogens is 2. The Bertz CT molecular complexity index is 994. The Balaban J connectivity index is 1.50. The maximum absolute atomic E-state index is 6.07. The molecule has 4 rings (SSSR count). The summed E-state index contributed by atoms with van der Waals surface area (Å²) in [5, 5.41) is 8.29. The topological polar surface area (TPSA) is 37.3 Å². The lowest BCUT2D eigenvalue weighted by Crippen LogP contribution is -1.99. The second-order valence-corrected chi connectivity index (χ2v) is 7.99. The average Bonchev–Trinajstić information content (AvgIpc) is 3.30. The first-order chi connectivity index (χ1) is 12.6. The molecule has 26 heavy (non-hydrogen) atoms. The Morgan fingerprint density at radius 3 is 2.77 bits per heavy atom. The zero-order chi connectivity index (χ0) is 18.1. The van der Waals surface area contributed by atoms with Gasteiger partial charge in [0.25, 0.3) is 0 Å². The van der Waals surface area contributed by atoms with Crippen molar-refractivity contribution in [2.75, 3.05) is 5.43 Å². The third-order valence-corrected chi connectivity index (χ3v) is 6.04. The van der Waals surface area contributed by atoms with E-state index < -0.39 is 0 Å². The highest BCUT2D eigenvalue weighted by Gasteiger charge is 2.13. The van der Waals surface area contributed by atoms with Gasteiger partial charge in [-0.1, -0.05) is 41.4 Å². The van der Waals surface area contributed by atoms with Gasteiger partial charge < -0.3 is 0 Å². The van der Waals surface area contributed by atoms with Crippen LogP contribution in [0.5, 0.6) is 0 Å². The van der Waals surface area contributed by atoms with Crippen LogP contribution in [0.1, 0.15) is 30.0 Å². The Hall–Kier alpha value is -1.88. The highest BCUT2D eigenvalue weighted by molar-refractivity contribution is 7.14. The Labute approximate surface area is 166 Å². The molecule has 3 nitrogen and oxygen atoms in total. The molecule has 0 fully saturated rings. The Kier molecular flexibility index (Phi) is 4.98. The minimum atomic E-state index is 0.520. The molecule has 0 amide bonds. The number of hydrogen-bond donors (Lipinski definition) is 1. The van der Waals surface area contributed by atoms with Gasteiger partial charge >= 0.3 is 0 Å². The summed E-state index contributed by atoms with van der Waals surface area (Å²) in [6, 6.07) is 12.1. The predicted molar refractivity (Wildman–Crippen MR) is 112 cm³/mol. The SMILES string of the molecule is C/C(=N\Nc1nc(-c2ccc3c(c2)CCC3)cs1)c1ccc(Cl)c(Cl)c1. The van der Waals surface area contributed by atoms with Crippen molar-refractivity contribution < 1.29 is 0 Å². The molecule has 0 bridgehead atoms. The lowest BCUT2D eigenvalue weighted by atomic mass is 10.1. The molecule has 1 N–H and O–H groups in total. The number of anilines is 1. The van der Waals surface area contributed by atoms with Crippen molar-refractivity contribution in [1.82, 2.24) is 4.98 Å². The van der Waals surface area contributed by atoms with E-state index in [2.05, 4.69) is 39.1 Å². The van der Waals surface area contributed by atoms with Crippen LogP contribution in [0.3, 0.4) is 0 Å². The van der Waals surface area contributed by atoms with Gasteiger partial charge in [-0.25, -0.2) is 4.98 Å². The fraction of sp³-hybridized carbons (Fsp3) is 0.200. The molecule has 132 valence electrons. The van der Waals surface area contributed by atoms with Crippen LogP contribution >= 0.6 is 34.5 Å². The van der Waals surface area contributed by atoms with Crippen LogP contribution in [0.4, 0.5) is 5.13 Å². The van der Waals surface area contributed by atoms with E-state index in [1.165, 1.54) is 36.0 Å². The van der Waals surface area contributed by atoms with Gasteiger partial charge in [0, 0.05) is 10.9 Å². The van der Waals surface area contributed by atoms with Crippen molar-refractivity contribution in [2.45, 2.75) is 26.2 Å². The molecular weight excluding hydrogens is 385 g/mol. The Morgan fingerprint density at radius 1 is 1.08 bits per heavy atom. The number of fused-ring (bicyclic) bond motifs is 1. The second kappa shape index (κ2) is 7.39. The van der Waals surface area contributed by atoms with Crippen LogP contribution in [0.15, 0.2) is 46.9 Å². The Morgan fingerprint density at radius 2 is 1.92 bits per heavy atom. The van der Waals surface area contributed by atoms with Gasteiger partial charge in [-0.05, 0) is 61.1 Å². The zero-order valence-corrected chi connectivity index (χ0v) is 16.5. The van der Waals surface area contributed by atoms with Gasteiger partial charge in [-0.2, -0.15) is 5.10 Å². The monoisotopic (exact) mass is 401 g/mol. The maximum atomic E-state index is 6.07. The van der Waals surface area contributed by atoms with Crippen LogP contribution in [-0.2, 0) is 12.8 Å². The van der Waals surface area contributed by atoms with E-state index in [4.69, 9.17) is 23.2 Å². The summed E-state index contributed by atoms with van der Waals surface area (Å²) in [7, 11) is 0. The largest absolute Gasteiger partial charge is 0.252 e. The quantitative estimate of drug-likeness (QED) is 0.403. The van der Waals surface area contributed by atoms with Crippen LogP contribution in [0, 0.1) is 0 Å². The van der Waals surface area contributed by atoms with Gasteiger partial charge in [0.15, 0.2) is 0 Å². The van der Waals surface area contributed by atoms with Crippen molar-refractivity contribution in [3.05, 3.63) is 68.5 Å². The summed E-state index contributed by atoms with van der Waals surface area (Å²) in [6.07, 6.45) is 3.62. The molecule has 0 spiro atoms. The molecule has 1 heterocycles. The maximum Gasteiger partial charge on any atom is 0.203 e. The molecule has 0 saturated heterocycles. The summed E-state index contributed by atoms with van der Waals surface area (Å²) < 4.78 is 0. The predicted octanol–water partition coefficient (Wildman–Crippen LogP) is 6.44. The van der Waals surface area contributed by atoms with E-state index in [9.17, 15) is 0 Å². The van der Waals surface area contributed by atoms with E-state index >= 15 is 0 Å². The smallest absolute Gasteiger partial charge is 0.203 e. The third-order valence-electron chi connectivity index (χ3n) is 4.56. The van der Waals surface area contributed by atoms with Crippen molar-refractivity contribution >= 4 is 45.4 Å². The highest BCUT2D eigenvalue weighted by atomic mass is 35.5. The number of benzene rings is 2. The molecule has 1 aromatic heterocycles. The molecule has 0 radical (unpaired) electrons. The van der Waals surface area contributed by atoms with Crippen molar-refractivity contribution in [3.63, 3.8) is 0 Å². The molecule has 0 saturated carbocycles. The van der Waals surface area contributed by atoms with Crippen molar-refractivity contribution in [2.24, 2.45) is 5.10 Å². The van der Waals surface area contributed by atoms with E-state index in [1.54, 1.807) is 17.4 Å². The summed E-state index contributed by atoms with van der Waals surface area (Å²) in [4.78, 5) is 4.66. The van der Waals surface area contributed by atoms with Gasteiger partial charge in [0.05, 0.1) is 21.5 Å². The fourth-order valence-electron chi connectivity index (χ4n) is 3.11.